The highest BCUT2D eigenvalue weighted by Gasteiger charge is 2.47. The van der Waals surface area contributed by atoms with Gasteiger partial charge in [-0.1, -0.05) is 6.08 Å². The largest absolute Gasteiger partial charge is 0.481 e. The zero-order chi connectivity index (χ0) is 14.7. The summed E-state index contributed by atoms with van der Waals surface area (Å²) < 4.78 is 5.24. The second kappa shape index (κ2) is 5.61. The second-order valence-electron chi connectivity index (χ2n) is 5.86. The van der Waals surface area contributed by atoms with E-state index in [0.717, 1.165) is 0 Å². The van der Waals surface area contributed by atoms with E-state index in [1.807, 2.05) is 0 Å². The first-order valence-corrected chi connectivity index (χ1v) is 6.23. The topological polar surface area (TPSA) is 78.9 Å². The summed E-state index contributed by atoms with van der Waals surface area (Å²) in [4.78, 5) is 24.2. The first kappa shape index (κ1) is 15.5. The molecule has 19 heavy (non-hydrogen) atoms. The predicted octanol–water partition coefficient (Wildman–Crippen LogP) is 1.23. The van der Waals surface area contributed by atoms with Gasteiger partial charge in [-0.15, -0.1) is 6.58 Å². The highest BCUT2D eigenvalue weighted by Crippen LogP contribution is 2.26. The van der Waals surface area contributed by atoms with Crippen LogP contribution in [0.25, 0.3) is 0 Å². The summed E-state index contributed by atoms with van der Waals surface area (Å²) in [7, 11) is 0. The molecule has 1 saturated heterocycles. The number of amides is 1. The van der Waals surface area contributed by atoms with Crippen LogP contribution in [-0.2, 0) is 9.53 Å². The third-order valence-corrected chi connectivity index (χ3v) is 2.75. The van der Waals surface area contributed by atoms with E-state index < -0.39 is 23.2 Å². The molecule has 0 aromatic heterocycles. The maximum atomic E-state index is 11.8. The van der Waals surface area contributed by atoms with Gasteiger partial charge < -0.3 is 20.1 Å². The molecule has 1 aliphatic rings. The van der Waals surface area contributed by atoms with Crippen LogP contribution in [-0.4, -0.2) is 52.8 Å². The highest BCUT2D eigenvalue weighted by atomic mass is 16.6. The number of nitrogens with one attached hydrogen (secondary N) is 1. The van der Waals surface area contributed by atoms with Gasteiger partial charge in [0.15, 0.2) is 0 Å². The van der Waals surface area contributed by atoms with Gasteiger partial charge in [-0.3, -0.25) is 4.79 Å². The molecule has 0 unspecified atom stereocenters. The molecule has 0 spiro atoms. The van der Waals surface area contributed by atoms with Crippen molar-refractivity contribution in [3.8, 4) is 0 Å². The van der Waals surface area contributed by atoms with Crippen LogP contribution in [0.3, 0.4) is 0 Å². The van der Waals surface area contributed by atoms with Crippen molar-refractivity contribution in [1.82, 2.24) is 10.2 Å². The summed E-state index contributed by atoms with van der Waals surface area (Å²) in [6.07, 6.45) is 1.23. The lowest BCUT2D eigenvalue weighted by Gasteiger charge is -2.49. The maximum Gasteiger partial charge on any atom is 0.410 e. The molecule has 0 saturated carbocycles. The third-order valence-electron chi connectivity index (χ3n) is 2.75. The lowest BCUT2D eigenvalue weighted by molar-refractivity contribution is -0.141. The fourth-order valence-electron chi connectivity index (χ4n) is 2.00. The minimum Gasteiger partial charge on any atom is -0.481 e. The Labute approximate surface area is 113 Å². The van der Waals surface area contributed by atoms with Crippen LogP contribution in [0.2, 0.25) is 0 Å². The molecule has 1 aliphatic heterocycles. The number of carboxylic acid groups (broad SMARTS) is 1. The molecule has 1 rings (SSSR count). The normalized spacial score (nSPS) is 17.5. The highest BCUT2D eigenvalue weighted by molar-refractivity contribution is 5.73. The molecule has 6 nitrogen and oxygen atoms in total. The molecule has 1 heterocycles. The Kier molecular flexibility index (Phi) is 4.57. The Balaban J connectivity index is 2.56. The van der Waals surface area contributed by atoms with E-state index in [4.69, 9.17) is 9.84 Å². The molecule has 1 fully saturated rings. The van der Waals surface area contributed by atoms with Crippen molar-refractivity contribution < 1.29 is 19.4 Å². The molecule has 2 N–H and O–H groups in total. The van der Waals surface area contributed by atoms with E-state index in [1.54, 1.807) is 26.8 Å². The lowest BCUT2D eigenvalue weighted by atomic mass is 9.86. The predicted molar refractivity (Wildman–Crippen MR) is 71.0 cm³/mol. The van der Waals surface area contributed by atoms with Gasteiger partial charge in [0.1, 0.15) is 5.60 Å². The zero-order valence-electron chi connectivity index (χ0n) is 11.7. The Hall–Kier alpha value is -1.56. The number of aliphatic carboxylic acids is 1. The third kappa shape index (κ3) is 4.55. The first-order valence-electron chi connectivity index (χ1n) is 6.23. The number of carboxylic acids is 1. The summed E-state index contributed by atoms with van der Waals surface area (Å²) in [5.74, 6) is -0.889. The minimum atomic E-state index is -0.889. The van der Waals surface area contributed by atoms with Crippen LogP contribution in [0.5, 0.6) is 0 Å². The van der Waals surface area contributed by atoms with Gasteiger partial charge in [0, 0.05) is 19.6 Å². The molecule has 0 aromatic carbocycles. The Morgan fingerprint density at radius 3 is 2.47 bits per heavy atom. The van der Waals surface area contributed by atoms with E-state index >= 15 is 0 Å². The average Bonchev–Trinajstić information content (AvgIpc) is 2.17. The van der Waals surface area contributed by atoms with E-state index in [0.29, 0.717) is 19.6 Å². The van der Waals surface area contributed by atoms with E-state index in [2.05, 4.69) is 11.9 Å². The van der Waals surface area contributed by atoms with Crippen molar-refractivity contribution in [3.05, 3.63) is 12.7 Å². The number of nitrogens with zero attached hydrogens (tertiary/aromatic N) is 1. The zero-order valence-corrected chi connectivity index (χ0v) is 11.7. The molecule has 0 radical (unpaired) electrons. The van der Waals surface area contributed by atoms with Crippen molar-refractivity contribution in [3.63, 3.8) is 0 Å². The van der Waals surface area contributed by atoms with Crippen LogP contribution in [0.4, 0.5) is 4.79 Å². The Bertz CT molecular complexity index is 367. The van der Waals surface area contributed by atoms with E-state index in [-0.39, 0.29) is 6.42 Å². The molecular formula is C13H22N2O4. The van der Waals surface area contributed by atoms with E-state index in [9.17, 15) is 9.59 Å². The average molecular weight is 270 g/mol. The summed E-state index contributed by atoms with van der Waals surface area (Å²) >= 11 is 0. The van der Waals surface area contributed by atoms with Crippen molar-refractivity contribution in [2.45, 2.75) is 38.3 Å². The maximum absolute atomic E-state index is 11.8. The molecule has 1 amide bonds. The summed E-state index contributed by atoms with van der Waals surface area (Å²) in [5.41, 5.74) is -1.12. The standard InChI is InChI=1S/C13H22N2O4/c1-5-6-14-13(7-10(16)17)8-15(9-13)11(18)19-12(2,3)4/h5,14H,1,6-9H2,2-4H3,(H,16,17). The fraction of sp³-hybridized carbons (Fsp3) is 0.692. The van der Waals surface area contributed by atoms with Crippen LogP contribution >= 0.6 is 0 Å². The fourth-order valence-corrected chi connectivity index (χ4v) is 2.00. The molecule has 0 aliphatic carbocycles. The number of carbonyl (C=O) groups excluding carboxylic acids is 1. The van der Waals surface area contributed by atoms with Crippen molar-refractivity contribution in [2.75, 3.05) is 19.6 Å². The van der Waals surface area contributed by atoms with E-state index in [1.165, 1.54) is 4.90 Å². The van der Waals surface area contributed by atoms with Gasteiger partial charge in [-0.25, -0.2) is 4.79 Å². The van der Waals surface area contributed by atoms with Crippen LogP contribution < -0.4 is 5.32 Å². The monoisotopic (exact) mass is 270 g/mol. The summed E-state index contributed by atoms with van der Waals surface area (Å²) in [6, 6.07) is 0. The lowest BCUT2D eigenvalue weighted by Crippen LogP contribution is -2.71. The van der Waals surface area contributed by atoms with Crippen molar-refractivity contribution in [2.24, 2.45) is 0 Å². The minimum absolute atomic E-state index is 0.0276. The number of hydrogen-bond donors (Lipinski definition) is 2. The summed E-state index contributed by atoms with van der Waals surface area (Å²) in [5, 5.41) is 12.0. The number of hydrogen-bond acceptors (Lipinski definition) is 4. The Morgan fingerprint density at radius 2 is 2.05 bits per heavy atom. The second-order valence-corrected chi connectivity index (χ2v) is 5.86. The first-order chi connectivity index (χ1) is 8.67. The number of carbonyl (C=O) groups is 2. The van der Waals surface area contributed by atoms with Gasteiger partial charge in [-0.05, 0) is 20.8 Å². The smallest absolute Gasteiger partial charge is 0.410 e. The van der Waals surface area contributed by atoms with Crippen LogP contribution in [0.15, 0.2) is 12.7 Å². The van der Waals surface area contributed by atoms with Crippen molar-refractivity contribution in [1.29, 1.82) is 0 Å². The van der Waals surface area contributed by atoms with Gasteiger partial charge >= 0.3 is 12.1 Å². The van der Waals surface area contributed by atoms with Gasteiger partial charge in [0.25, 0.3) is 0 Å². The molecular weight excluding hydrogens is 248 g/mol. The number of rotatable bonds is 5. The van der Waals surface area contributed by atoms with Gasteiger partial charge in [-0.2, -0.15) is 0 Å². The molecule has 6 heteroatoms. The molecule has 0 atom stereocenters. The molecule has 0 aromatic rings. The van der Waals surface area contributed by atoms with Crippen LogP contribution in [0.1, 0.15) is 27.2 Å². The van der Waals surface area contributed by atoms with Crippen LogP contribution in [0, 0.1) is 0 Å². The molecule has 0 bridgehead atoms. The van der Waals surface area contributed by atoms with Crippen molar-refractivity contribution >= 4 is 12.1 Å². The SMILES string of the molecule is C=CCNC1(CC(=O)O)CN(C(=O)OC(C)(C)C)C1. The molecule has 108 valence electrons. The quantitative estimate of drug-likeness (QED) is 0.734. The summed E-state index contributed by atoms with van der Waals surface area (Å²) in [6.45, 7) is 10.2. The number of ether oxygens (including phenoxy) is 1. The van der Waals surface area contributed by atoms with Gasteiger partial charge in [0.2, 0.25) is 0 Å². The number of likely N-dealkylation sites (tertiary alicyclic amines) is 1. The Morgan fingerprint density at radius 1 is 1.47 bits per heavy atom. The van der Waals surface area contributed by atoms with Gasteiger partial charge in [0.05, 0.1) is 12.0 Å².